The molecule has 2 heterocycles. The average Bonchev–Trinajstić information content (AvgIpc) is 2.63. The molecule has 0 bridgehead atoms. The number of hydrogen-bond acceptors (Lipinski definition) is 3. The van der Waals surface area contributed by atoms with Gasteiger partial charge in [0.05, 0.1) is 18.2 Å². The monoisotopic (exact) mass is 209 g/mol. The molecule has 2 N–H and O–H groups in total. The smallest absolute Gasteiger partial charge is 0.111 e. The maximum absolute atomic E-state index is 10.2. The molecule has 1 fully saturated rings. The molecule has 1 aliphatic heterocycles. The molecule has 15 heavy (non-hydrogen) atoms. The molecule has 0 aliphatic carbocycles. The number of aromatic nitrogens is 2. The van der Waals surface area contributed by atoms with Crippen LogP contribution in [0.5, 0.6) is 0 Å². The van der Waals surface area contributed by atoms with Gasteiger partial charge in [0, 0.05) is 13.1 Å². The van der Waals surface area contributed by atoms with E-state index in [-0.39, 0.29) is 6.04 Å². The molecule has 3 atom stereocenters. The fourth-order valence-electron chi connectivity index (χ4n) is 2.25. The van der Waals surface area contributed by atoms with E-state index in [0.717, 1.165) is 18.7 Å². The van der Waals surface area contributed by atoms with Crippen LogP contribution >= 0.6 is 0 Å². The highest BCUT2D eigenvalue weighted by Crippen LogP contribution is 2.25. The van der Waals surface area contributed by atoms with Crippen LogP contribution in [0.2, 0.25) is 0 Å². The van der Waals surface area contributed by atoms with Gasteiger partial charge < -0.3 is 15.0 Å². The molecule has 1 saturated heterocycles. The third-order valence-electron chi connectivity index (χ3n) is 3.24. The molecule has 4 heteroatoms. The van der Waals surface area contributed by atoms with Gasteiger partial charge in [-0.05, 0) is 25.3 Å². The molecule has 2 rings (SSSR count). The Morgan fingerprint density at radius 2 is 2.47 bits per heavy atom. The number of nitrogens with zero attached hydrogens (tertiary/aromatic N) is 2. The molecule has 1 aliphatic rings. The van der Waals surface area contributed by atoms with Crippen molar-refractivity contribution < 1.29 is 5.11 Å². The summed E-state index contributed by atoms with van der Waals surface area (Å²) in [6.45, 7) is 3.24. The zero-order chi connectivity index (χ0) is 10.8. The third-order valence-corrected chi connectivity index (χ3v) is 3.24. The molecular formula is C11H19N3O. The van der Waals surface area contributed by atoms with Gasteiger partial charge in [0.1, 0.15) is 6.10 Å². The average molecular weight is 209 g/mol. The Kier molecular flexibility index (Phi) is 3.07. The van der Waals surface area contributed by atoms with Crippen LogP contribution < -0.4 is 5.32 Å². The van der Waals surface area contributed by atoms with Crippen molar-refractivity contribution in [2.75, 3.05) is 6.54 Å². The van der Waals surface area contributed by atoms with Crippen LogP contribution in [0.1, 0.15) is 31.6 Å². The Hall–Kier alpha value is -0.870. The van der Waals surface area contributed by atoms with E-state index in [2.05, 4.69) is 17.2 Å². The van der Waals surface area contributed by atoms with Gasteiger partial charge in [-0.1, -0.05) is 6.92 Å². The number of imidazole rings is 1. The largest absolute Gasteiger partial charge is 0.385 e. The molecule has 0 spiro atoms. The van der Waals surface area contributed by atoms with Gasteiger partial charge in [-0.15, -0.1) is 0 Å². The maximum atomic E-state index is 10.2. The van der Waals surface area contributed by atoms with Crippen molar-refractivity contribution in [2.24, 2.45) is 13.0 Å². The summed E-state index contributed by atoms with van der Waals surface area (Å²) in [6.07, 6.45) is 5.26. The minimum absolute atomic E-state index is 0.171. The molecular weight excluding hydrogens is 190 g/mol. The first kappa shape index (κ1) is 10.6. The van der Waals surface area contributed by atoms with Crippen LogP contribution in [0, 0.1) is 5.92 Å². The zero-order valence-electron chi connectivity index (χ0n) is 9.35. The summed E-state index contributed by atoms with van der Waals surface area (Å²) in [5, 5.41) is 13.6. The Morgan fingerprint density at radius 3 is 3.07 bits per heavy atom. The van der Waals surface area contributed by atoms with Crippen molar-refractivity contribution in [3.05, 3.63) is 18.2 Å². The number of hydrogen-bond donors (Lipinski definition) is 2. The van der Waals surface area contributed by atoms with Gasteiger partial charge in [-0.2, -0.15) is 0 Å². The first-order valence-electron chi connectivity index (χ1n) is 5.56. The van der Waals surface area contributed by atoms with E-state index in [1.54, 1.807) is 12.5 Å². The summed E-state index contributed by atoms with van der Waals surface area (Å²) in [6, 6.07) is 0.171. The van der Waals surface area contributed by atoms with Gasteiger partial charge >= 0.3 is 0 Å². The molecule has 84 valence electrons. The molecule has 1 aromatic rings. The van der Waals surface area contributed by atoms with Gasteiger partial charge in [-0.25, -0.2) is 4.98 Å². The quantitative estimate of drug-likeness (QED) is 0.759. The lowest BCUT2D eigenvalue weighted by Crippen LogP contribution is -2.42. The van der Waals surface area contributed by atoms with E-state index in [1.807, 2.05) is 11.6 Å². The fraction of sp³-hybridized carbons (Fsp3) is 0.727. The van der Waals surface area contributed by atoms with Gasteiger partial charge in [0.25, 0.3) is 0 Å². The second-order valence-corrected chi connectivity index (χ2v) is 4.56. The molecule has 1 aromatic heterocycles. The topological polar surface area (TPSA) is 50.1 Å². The summed E-state index contributed by atoms with van der Waals surface area (Å²) in [5.74, 6) is 0.694. The maximum Gasteiger partial charge on any atom is 0.111 e. The Morgan fingerprint density at radius 1 is 1.67 bits per heavy atom. The van der Waals surface area contributed by atoms with Gasteiger partial charge in [-0.3, -0.25) is 0 Å². The van der Waals surface area contributed by atoms with Crippen molar-refractivity contribution >= 4 is 0 Å². The standard InChI is InChI=1S/C11H19N3O/c1-8-3-4-13-9(5-8)11(15)10-6-12-7-14(10)2/h6-9,11,13,15H,3-5H2,1-2H3. The second-order valence-electron chi connectivity index (χ2n) is 4.56. The summed E-state index contributed by atoms with van der Waals surface area (Å²) < 4.78 is 1.88. The second kappa shape index (κ2) is 4.33. The number of aryl methyl sites for hydroxylation is 1. The first-order chi connectivity index (χ1) is 7.18. The number of nitrogens with one attached hydrogen (secondary N) is 1. The predicted molar refractivity (Wildman–Crippen MR) is 58.4 cm³/mol. The number of aliphatic hydroxyl groups excluding tert-OH is 1. The van der Waals surface area contributed by atoms with E-state index >= 15 is 0 Å². The highest BCUT2D eigenvalue weighted by molar-refractivity contribution is 5.06. The van der Waals surface area contributed by atoms with Crippen molar-refractivity contribution in [1.29, 1.82) is 0 Å². The van der Waals surface area contributed by atoms with E-state index < -0.39 is 6.10 Å². The molecule has 0 amide bonds. The Bertz CT molecular complexity index is 323. The Balaban J connectivity index is 2.07. The van der Waals surface area contributed by atoms with E-state index in [1.165, 1.54) is 6.42 Å². The van der Waals surface area contributed by atoms with Crippen LogP contribution in [0.4, 0.5) is 0 Å². The van der Waals surface area contributed by atoms with Gasteiger partial charge in [0.15, 0.2) is 0 Å². The minimum Gasteiger partial charge on any atom is -0.385 e. The van der Waals surface area contributed by atoms with Crippen LogP contribution in [0.3, 0.4) is 0 Å². The minimum atomic E-state index is -0.444. The number of rotatable bonds is 2. The normalized spacial score (nSPS) is 29.0. The van der Waals surface area contributed by atoms with Crippen LogP contribution in [-0.4, -0.2) is 27.2 Å². The third kappa shape index (κ3) is 2.21. The lowest BCUT2D eigenvalue weighted by atomic mass is 9.90. The van der Waals surface area contributed by atoms with Crippen LogP contribution in [-0.2, 0) is 7.05 Å². The highest BCUT2D eigenvalue weighted by Gasteiger charge is 2.27. The molecule has 0 radical (unpaired) electrons. The van der Waals surface area contributed by atoms with Crippen molar-refractivity contribution in [1.82, 2.24) is 14.9 Å². The van der Waals surface area contributed by atoms with E-state index in [9.17, 15) is 5.11 Å². The highest BCUT2D eigenvalue weighted by atomic mass is 16.3. The molecule has 0 aromatic carbocycles. The zero-order valence-corrected chi connectivity index (χ0v) is 9.35. The number of aliphatic hydroxyl groups is 1. The molecule has 0 saturated carbocycles. The summed E-state index contributed by atoms with van der Waals surface area (Å²) in [4.78, 5) is 4.03. The van der Waals surface area contributed by atoms with Crippen LogP contribution in [0.25, 0.3) is 0 Å². The van der Waals surface area contributed by atoms with E-state index in [0.29, 0.717) is 5.92 Å². The van der Waals surface area contributed by atoms with Crippen LogP contribution in [0.15, 0.2) is 12.5 Å². The summed E-state index contributed by atoms with van der Waals surface area (Å²) >= 11 is 0. The Labute approximate surface area is 90.3 Å². The van der Waals surface area contributed by atoms with Crippen molar-refractivity contribution in [3.8, 4) is 0 Å². The first-order valence-corrected chi connectivity index (χ1v) is 5.56. The molecule has 3 unspecified atom stereocenters. The summed E-state index contributed by atoms with van der Waals surface area (Å²) in [7, 11) is 1.91. The SMILES string of the molecule is CC1CCNC(C(O)c2cncn2C)C1. The van der Waals surface area contributed by atoms with Crippen molar-refractivity contribution in [2.45, 2.75) is 31.9 Å². The van der Waals surface area contributed by atoms with Gasteiger partial charge in [0.2, 0.25) is 0 Å². The van der Waals surface area contributed by atoms with E-state index in [4.69, 9.17) is 0 Å². The summed E-state index contributed by atoms with van der Waals surface area (Å²) in [5.41, 5.74) is 0.890. The molecule has 4 nitrogen and oxygen atoms in total. The predicted octanol–water partition coefficient (Wildman–Crippen LogP) is 0.842. The lowest BCUT2D eigenvalue weighted by molar-refractivity contribution is 0.0953. The number of piperidine rings is 1. The fourth-order valence-corrected chi connectivity index (χ4v) is 2.25. The lowest BCUT2D eigenvalue weighted by Gasteiger charge is -2.31. The van der Waals surface area contributed by atoms with Crippen molar-refractivity contribution in [3.63, 3.8) is 0 Å².